The van der Waals surface area contributed by atoms with Crippen LogP contribution in [-0.2, 0) is 16.1 Å². The van der Waals surface area contributed by atoms with Gasteiger partial charge in [-0.2, -0.15) is 0 Å². The van der Waals surface area contributed by atoms with Gasteiger partial charge in [0.1, 0.15) is 23.8 Å². The average Bonchev–Trinajstić information content (AvgIpc) is 2.79. The summed E-state index contributed by atoms with van der Waals surface area (Å²) in [5, 5.41) is 0. The van der Waals surface area contributed by atoms with E-state index in [0.29, 0.717) is 19.0 Å². The molecule has 0 unspecified atom stereocenters. The van der Waals surface area contributed by atoms with Crippen molar-refractivity contribution in [3.05, 3.63) is 42.0 Å². The number of benzene rings is 1. The van der Waals surface area contributed by atoms with Crippen LogP contribution in [0.3, 0.4) is 0 Å². The molecule has 0 saturated carbocycles. The molecule has 8 heteroatoms. The molecule has 4 rings (SSSR count). The second kappa shape index (κ2) is 6.87. The van der Waals surface area contributed by atoms with Crippen molar-refractivity contribution in [2.75, 3.05) is 54.6 Å². The summed E-state index contributed by atoms with van der Waals surface area (Å²) in [6.45, 7) is 3.06. The fourth-order valence-electron chi connectivity index (χ4n) is 3.41. The van der Waals surface area contributed by atoms with Gasteiger partial charge in [0.2, 0.25) is 5.91 Å². The summed E-state index contributed by atoms with van der Waals surface area (Å²) in [4.78, 5) is 27.0. The van der Waals surface area contributed by atoms with Gasteiger partial charge in [-0.25, -0.2) is 14.4 Å². The normalized spacial score (nSPS) is 17.9. The second-order valence-electron chi connectivity index (χ2n) is 6.39. The molecule has 0 N–H and O–H groups in total. The Morgan fingerprint density at radius 1 is 1.08 bits per heavy atom. The third-order valence-corrected chi connectivity index (χ3v) is 4.71. The lowest BCUT2D eigenvalue weighted by Crippen LogP contribution is -2.38. The Morgan fingerprint density at radius 2 is 1.81 bits per heavy atom. The number of aromatic nitrogens is 2. The van der Waals surface area contributed by atoms with Crippen LogP contribution in [0.2, 0.25) is 0 Å². The quantitative estimate of drug-likeness (QED) is 0.810. The van der Waals surface area contributed by atoms with Crippen LogP contribution in [0.25, 0.3) is 0 Å². The van der Waals surface area contributed by atoms with E-state index < -0.39 is 5.82 Å². The summed E-state index contributed by atoms with van der Waals surface area (Å²) in [6, 6.07) is 6.33. The van der Waals surface area contributed by atoms with Gasteiger partial charge in [0.25, 0.3) is 0 Å². The minimum absolute atomic E-state index is 0.126. The fourth-order valence-corrected chi connectivity index (χ4v) is 3.41. The number of fused-ring (bicyclic) bond motifs is 1. The Kier molecular flexibility index (Phi) is 4.42. The largest absolute Gasteiger partial charge is 0.378 e. The third-order valence-electron chi connectivity index (χ3n) is 4.71. The van der Waals surface area contributed by atoms with Crippen LogP contribution in [0, 0.1) is 5.82 Å². The van der Waals surface area contributed by atoms with Crippen LogP contribution in [0.4, 0.5) is 21.7 Å². The summed E-state index contributed by atoms with van der Waals surface area (Å²) >= 11 is 0. The summed E-state index contributed by atoms with van der Waals surface area (Å²) < 4.78 is 19.8. The number of carbonyl (C=O) groups is 1. The van der Waals surface area contributed by atoms with E-state index in [1.165, 1.54) is 17.3 Å². The molecule has 136 valence electrons. The first-order valence-corrected chi connectivity index (χ1v) is 8.58. The molecule has 1 fully saturated rings. The van der Waals surface area contributed by atoms with E-state index in [-0.39, 0.29) is 24.7 Å². The Balaban J connectivity index is 1.78. The van der Waals surface area contributed by atoms with Crippen LogP contribution in [0.1, 0.15) is 5.56 Å². The molecule has 3 heterocycles. The molecule has 0 spiro atoms. The van der Waals surface area contributed by atoms with E-state index in [1.54, 1.807) is 23.1 Å². The van der Waals surface area contributed by atoms with Crippen LogP contribution in [0.5, 0.6) is 0 Å². The number of likely N-dealkylation sites (N-methyl/N-ethyl adjacent to an activating group) is 1. The summed E-state index contributed by atoms with van der Waals surface area (Å²) in [7, 11) is 1.82. The van der Waals surface area contributed by atoms with Gasteiger partial charge in [0.05, 0.1) is 37.6 Å². The van der Waals surface area contributed by atoms with Gasteiger partial charge in [0, 0.05) is 20.1 Å². The van der Waals surface area contributed by atoms with Gasteiger partial charge in [-0.3, -0.25) is 4.79 Å². The summed E-state index contributed by atoms with van der Waals surface area (Å²) in [5.41, 5.74) is 1.10. The molecule has 2 aliphatic heterocycles. The molecule has 0 aliphatic carbocycles. The fraction of sp³-hybridized carbons (Fsp3) is 0.389. The predicted molar refractivity (Wildman–Crippen MR) is 95.9 cm³/mol. The van der Waals surface area contributed by atoms with Crippen LogP contribution in [-0.4, -0.2) is 55.8 Å². The highest BCUT2D eigenvalue weighted by Gasteiger charge is 2.30. The van der Waals surface area contributed by atoms with E-state index in [0.717, 1.165) is 24.5 Å². The topological polar surface area (TPSA) is 61.8 Å². The minimum Gasteiger partial charge on any atom is -0.378 e. The highest BCUT2D eigenvalue weighted by molar-refractivity contribution is 5.98. The Labute approximate surface area is 151 Å². The standard InChI is InChI=1S/C18H20FN5O2/c1-22-11-16(25)24(15-5-3-2-4-14(15)19)10-13-17(22)20-12-21-18(13)23-6-8-26-9-7-23/h2-5,12H,6-11H2,1H3. The number of hydrogen-bond donors (Lipinski definition) is 0. The number of rotatable bonds is 2. The molecule has 0 atom stereocenters. The number of hydrogen-bond acceptors (Lipinski definition) is 6. The molecule has 1 aromatic heterocycles. The van der Waals surface area contributed by atoms with Crippen molar-refractivity contribution < 1.29 is 13.9 Å². The van der Waals surface area contributed by atoms with E-state index in [4.69, 9.17) is 4.74 Å². The molecular formula is C18H20FN5O2. The molecule has 26 heavy (non-hydrogen) atoms. The van der Waals surface area contributed by atoms with Crippen molar-refractivity contribution in [1.82, 2.24) is 9.97 Å². The van der Waals surface area contributed by atoms with E-state index >= 15 is 0 Å². The summed E-state index contributed by atoms with van der Waals surface area (Å²) in [6.07, 6.45) is 1.52. The molecule has 1 amide bonds. The first kappa shape index (κ1) is 16.7. The van der Waals surface area contributed by atoms with Crippen LogP contribution >= 0.6 is 0 Å². The number of morpholine rings is 1. The summed E-state index contributed by atoms with van der Waals surface area (Å²) in [5.74, 6) is 0.884. The Bertz CT molecular complexity index is 825. The molecule has 7 nitrogen and oxygen atoms in total. The number of ether oxygens (including phenoxy) is 1. The smallest absolute Gasteiger partial charge is 0.246 e. The highest BCUT2D eigenvalue weighted by atomic mass is 19.1. The maximum Gasteiger partial charge on any atom is 0.246 e. The van der Waals surface area contributed by atoms with Crippen LogP contribution in [0.15, 0.2) is 30.6 Å². The second-order valence-corrected chi connectivity index (χ2v) is 6.39. The molecule has 2 aliphatic rings. The molecule has 0 radical (unpaired) electrons. The van der Waals surface area contributed by atoms with Crippen LogP contribution < -0.4 is 14.7 Å². The zero-order valence-corrected chi connectivity index (χ0v) is 14.6. The number of para-hydroxylation sites is 1. The first-order chi connectivity index (χ1) is 12.6. The lowest BCUT2D eigenvalue weighted by atomic mass is 10.2. The van der Waals surface area contributed by atoms with Crippen molar-refractivity contribution in [2.24, 2.45) is 0 Å². The lowest BCUT2D eigenvalue weighted by molar-refractivity contribution is -0.117. The molecule has 0 bridgehead atoms. The van der Waals surface area contributed by atoms with Gasteiger partial charge < -0.3 is 19.4 Å². The van der Waals surface area contributed by atoms with E-state index in [2.05, 4.69) is 14.9 Å². The highest BCUT2D eigenvalue weighted by Crippen LogP contribution is 2.32. The monoisotopic (exact) mass is 357 g/mol. The molecule has 1 saturated heterocycles. The lowest BCUT2D eigenvalue weighted by Gasteiger charge is -2.30. The number of halogens is 1. The van der Waals surface area contributed by atoms with Gasteiger partial charge in [-0.05, 0) is 12.1 Å². The van der Waals surface area contributed by atoms with E-state index in [1.807, 2.05) is 7.05 Å². The Hall–Kier alpha value is -2.74. The van der Waals surface area contributed by atoms with Crippen molar-refractivity contribution in [1.29, 1.82) is 0 Å². The zero-order chi connectivity index (χ0) is 18.1. The maximum absolute atomic E-state index is 14.3. The SMILES string of the molecule is CN1CC(=O)N(c2ccccc2F)Cc2c1ncnc2N1CCOCC1. The minimum atomic E-state index is -0.420. The van der Waals surface area contributed by atoms with Gasteiger partial charge in [-0.15, -0.1) is 0 Å². The Morgan fingerprint density at radius 3 is 2.58 bits per heavy atom. The first-order valence-electron chi connectivity index (χ1n) is 8.58. The number of carbonyl (C=O) groups excluding carboxylic acids is 1. The number of anilines is 3. The number of amides is 1. The van der Waals surface area contributed by atoms with Gasteiger partial charge in [0.15, 0.2) is 0 Å². The molecular weight excluding hydrogens is 337 g/mol. The predicted octanol–water partition coefficient (Wildman–Crippen LogP) is 1.44. The van der Waals surface area contributed by atoms with Gasteiger partial charge >= 0.3 is 0 Å². The number of nitrogens with zero attached hydrogens (tertiary/aromatic N) is 5. The average molecular weight is 357 g/mol. The van der Waals surface area contributed by atoms with Crippen molar-refractivity contribution in [3.8, 4) is 0 Å². The van der Waals surface area contributed by atoms with Crippen molar-refractivity contribution >= 4 is 23.2 Å². The molecule has 2 aromatic rings. The van der Waals surface area contributed by atoms with Gasteiger partial charge in [-0.1, -0.05) is 12.1 Å². The zero-order valence-electron chi connectivity index (χ0n) is 14.6. The van der Waals surface area contributed by atoms with E-state index in [9.17, 15) is 9.18 Å². The third kappa shape index (κ3) is 2.96. The van der Waals surface area contributed by atoms with Crippen molar-refractivity contribution in [2.45, 2.75) is 6.54 Å². The maximum atomic E-state index is 14.3. The van der Waals surface area contributed by atoms with Crippen molar-refractivity contribution in [3.63, 3.8) is 0 Å². The molecule has 1 aromatic carbocycles.